The lowest BCUT2D eigenvalue weighted by Gasteiger charge is -2.15. The average molecular weight is 383 g/mol. The van der Waals surface area contributed by atoms with Crippen molar-refractivity contribution >= 4 is 25.8 Å². The van der Waals surface area contributed by atoms with E-state index in [1.807, 2.05) is 0 Å². The minimum Gasteiger partial charge on any atom is -0.505 e. The number of phenols is 1. The number of carboxylic acids is 2. The van der Waals surface area contributed by atoms with Gasteiger partial charge in [-0.15, -0.1) is 0 Å². The summed E-state index contributed by atoms with van der Waals surface area (Å²) in [5.41, 5.74) is 4.79. The van der Waals surface area contributed by atoms with Gasteiger partial charge in [0.15, 0.2) is 23.9 Å². The normalized spacial score (nSPS) is 13.6. The Labute approximate surface area is 139 Å². The number of phosphoric acid groups is 1. The molecule has 0 aliphatic heterocycles. The van der Waals surface area contributed by atoms with E-state index < -0.39 is 43.7 Å². The number of carbonyl (C=O) groups is 2. The van der Waals surface area contributed by atoms with Crippen molar-refractivity contribution in [3.63, 3.8) is 0 Å². The summed E-state index contributed by atoms with van der Waals surface area (Å²) >= 11 is 0. The number of rotatable bonds is 6. The second-order valence-electron chi connectivity index (χ2n) is 4.20. The zero-order chi connectivity index (χ0) is 19.8. The number of halogens is 1. The van der Waals surface area contributed by atoms with Gasteiger partial charge in [0.1, 0.15) is 0 Å². The van der Waals surface area contributed by atoms with Crippen LogP contribution in [0.4, 0.5) is 4.39 Å². The molecule has 1 aromatic rings. The maximum Gasteiger partial charge on any atom is 0.471 e. The minimum atomic E-state index is -4.91. The van der Waals surface area contributed by atoms with Crippen molar-refractivity contribution in [3.05, 3.63) is 35.7 Å². The number of aromatic hydroxyl groups is 1. The highest BCUT2D eigenvalue weighted by Crippen LogP contribution is 2.37. The second-order valence-corrected chi connectivity index (χ2v) is 5.39. The first-order valence-electron chi connectivity index (χ1n) is 6.14. The van der Waals surface area contributed by atoms with Crippen LogP contribution in [0, 0.1) is 5.82 Å². The van der Waals surface area contributed by atoms with E-state index in [1.54, 1.807) is 0 Å². The van der Waals surface area contributed by atoms with Crippen molar-refractivity contribution in [3.8, 4) is 5.75 Å². The minimum absolute atomic E-state index is 0.0439. The van der Waals surface area contributed by atoms with Crippen LogP contribution < -0.4 is 5.73 Å². The number of carboxylic acid groups (broad SMARTS) is 2. The molecule has 0 radical (unpaired) electrons. The number of aliphatic carboxylic acids is 2. The first-order chi connectivity index (χ1) is 11.3. The van der Waals surface area contributed by atoms with Crippen molar-refractivity contribution in [2.24, 2.45) is 5.73 Å². The molecule has 2 unspecified atom stereocenters. The molecule has 2 atom stereocenters. The standard InChI is InChI=1S/C9H7FO3.C3H8NO7P/c10-9-6(4-5-8(12)13)2-1-3-7(9)11;4-1(2(5)6)3(7)11-12(8,9)10/h1-5,11H,(H,12,13);1,3,7H,4H2,(H,5,6)(H2,8,9,10)/b5-4+;. The van der Waals surface area contributed by atoms with Crippen LogP contribution in [0.2, 0.25) is 0 Å². The highest BCUT2D eigenvalue weighted by Gasteiger charge is 2.29. The summed E-state index contributed by atoms with van der Waals surface area (Å²) in [6, 6.07) is 2.10. The molecule has 0 spiro atoms. The van der Waals surface area contributed by atoms with E-state index in [1.165, 1.54) is 18.2 Å². The van der Waals surface area contributed by atoms with Crippen molar-refractivity contribution in [1.82, 2.24) is 0 Å². The van der Waals surface area contributed by atoms with E-state index >= 15 is 0 Å². The summed E-state index contributed by atoms with van der Waals surface area (Å²) in [6.45, 7) is 0. The molecule has 11 nitrogen and oxygen atoms in total. The zero-order valence-electron chi connectivity index (χ0n) is 12.3. The predicted molar refractivity (Wildman–Crippen MR) is 79.5 cm³/mol. The molecule has 140 valence electrons. The lowest BCUT2D eigenvalue weighted by Crippen LogP contribution is -2.42. The lowest BCUT2D eigenvalue weighted by molar-refractivity contribution is -0.148. The molecule has 0 aliphatic carbocycles. The van der Waals surface area contributed by atoms with Gasteiger partial charge in [0, 0.05) is 11.6 Å². The van der Waals surface area contributed by atoms with Crippen LogP contribution in [-0.2, 0) is 18.7 Å². The van der Waals surface area contributed by atoms with Crippen molar-refractivity contribution in [1.29, 1.82) is 0 Å². The van der Waals surface area contributed by atoms with Gasteiger partial charge in [-0.2, -0.15) is 0 Å². The Morgan fingerprint density at radius 2 is 1.84 bits per heavy atom. The largest absolute Gasteiger partial charge is 0.505 e. The number of nitrogens with two attached hydrogens (primary N) is 1. The lowest BCUT2D eigenvalue weighted by atomic mass is 10.2. The Hall–Kier alpha value is -2.34. The molecule has 1 aromatic carbocycles. The molecule has 0 aromatic heterocycles. The number of phenolic OH excluding ortho intramolecular Hbond substituents is 1. The molecular weight excluding hydrogens is 368 g/mol. The fourth-order valence-electron chi connectivity index (χ4n) is 1.16. The Balaban J connectivity index is 0.000000463. The number of phosphoric ester groups is 1. The third-order valence-electron chi connectivity index (χ3n) is 2.25. The SMILES string of the molecule is NC(C(=O)O)C(O)OP(=O)(O)O.O=C(O)/C=C/c1cccc(O)c1F. The van der Waals surface area contributed by atoms with Gasteiger partial charge in [-0.1, -0.05) is 12.1 Å². The first-order valence-corrected chi connectivity index (χ1v) is 7.67. The van der Waals surface area contributed by atoms with E-state index in [2.05, 4.69) is 4.52 Å². The number of aliphatic hydroxyl groups excluding tert-OH is 1. The monoisotopic (exact) mass is 383 g/mol. The average Bonchev–Trinajstić information content (AvgIpc) is 2.46. The number of hydrogen-bond acceptors (Lipinski definition) is 7. The Morgan fingerprint density at radius 1 is 1.28 bits per heavy atom. The third kappa shape index (κ3) is 9.52. The topological polar surface area (TPSA) is 208 Å². The highest BCUT2D eigenvalue weighted by molar-refractivity contribution is 7.46. The number of hydrogen-bond donors (Lipinski definition) is 7. The quantitative estimate of drug-likeness (QED) is 0.188. The molecule has 1 rings (SSSR count). The van der Waals surface area contributed by atoms with Crippen molar-refractivity contribution < 1.29 is 53.3 Å². The molecule has 0 saturated heterocycles. The van der Waals surface area contributed by atoms with Gasteiger partial charge in [-0.25, -0.2) is 13.8 Å². The molecule has 0 aliphatic rings. The van der Waals surface area contributed by atoms with Crippen LogP contribution in [0.5, 0.6) is 5.75 Å². The van der Waals surface area contributed by atoms with Gasteiger partial charge in [0.25, 0.3) is 0 Å². The highest BCUT2D eigenvalue weighted by atomic mass is 31.2. The number of aliphatic hydroxyl groups is 1. The van der Waals surface area contributed by atoms with E-state index in [0.717, 1.165) is 12.2 Å². The maximum atomic E-state index is 13.0. The van der Waals surface area contributed by atoms with E-state index in [-0.39, 0.29) is 5.56 Å². The molecule has 0 heterocycles. The molecule has 8 N–H and O–H groups in total. The smallest absolute Gasteiger partial charge is 0.471 e. The summed E-state index contributed by atoms with van der Waals surface area (Å²) in [5.74, 6) is -4.11. The van der Waals surface area contributed by atoms with Crippen LogP contribution in [0.15, 0.2) is 24.3 Å². The molecule has 0 saturated carbocycles. The van der Waals surface area contributed by atoms with Crippen LogP contribution in [0.25, 0.3) is 6.08 Å². The van der Waals surface area contributed by atoms with Crippen molar-refractivity contribution in [2.75, 3.05) is 0 Å². The zero-order valence-corrected chi connectivity index (χ0v) is 13.2. The van der Waals surface area contributed by atoms with Crippen LogP contribution in [0.1, 0.15) is 5.56 Å². The first kappa shape index (κ1) is 22.7. The number of benzene rings is 1. The Kier molecular flexibility index (Phi) is 8.91. The fraction of sp³-hybridized carbons (Fsp3) is 0.167. The third-order valence-corrected chi connectivity index (χ3v) is 2.74. The summed E-state index contributed by atoms with van der Waals surface area (Å²) < 4.78 is 26.6. The maximum absolute atomic E-state index is 13.0. The van der Waals surface area contributed by atoms with Gasteiger partial charge in [-0.05, 0) is 12.1 Å². The van der Waals surface area contributed by atoms with Crippen molar-refractivity contribution in [2.45, 2.75) is 12.3 Å². The van der Waals surface area contributed by atoms with E-state index in [4.69, 9.17) is 35.9 Å². The van der Waals surface area contributed by atoms with E-state index in [9.17, 15) is 18.5 Å². The molecule has 13 heteroatoms. The van der Waals surface area contributed by atoms with Crippen LogP contribution in [0.3, 0.4) is 0 Å². The summed E-state index contributed by atoms with van der Waals surface area (Å²) in [5, 5.41) is 33.9. The molecule has 0 amide bonds. The second kappa shape index (κ2) is 9.84. The predicted octanol–water partition coefficient (Wildman–Crippen LogP) is -0.545. The summed E-state index contributed by atoms with van der Waals surface area (Å²) in [7, 11) is -4.91. The van der Waals surface area contributed by atoms with Crippen LogP contribution in [-0.4, -0.2) is 54.5 Å². The van der Waals surface area contributed by atoms with E-state index in [0.29, 0.717) is 0 Å². The van der Waals surface area contributed by atoms with Crippen LogP contribution >= 0.6 is 7.82 Å². The molecule has 0 fully saturated rings. The van der Waals surface area contributed by atoms with Gasteiger partial charge in [0.2, 0.25) is 0 Å². The Morgan fingerprint density at radius 3 is 2.28 bits per heavy atom. The summed E-state index contributed by atoms with van der Waals surface area (Å²) in [4.78, 5) is 36.3. The Bertz CT molecular complexity index is 688. The molecule has 25 heavy (non-hydrogen) atoms. The van der Waals surface area contributed by atoms with Gasteiger partial charge in [-0.3, -0.25) is 9.32 Å². The molecular formula is C12H15FNO10P. The van der Waals surface area contributed by atoms with Gasteiger partial charge < -0.3 is 35.9 Å². The van der Waals surface area contributed by atoms with Gasteiger partial charge >= 0.3 is 19.8 Å². The van der Waals surface area contributed by atoms with Gasteiger partial charge in [0.05, 0.1) is 0 Å². The summed E-state index contributed by atoms with van der Waals surface area (Å²) in [6.07, 6.45) is -0.349. The molecule has 0 bridgehead atoms. The fourth-order valence-corrected chi connectivity index (χ4v) is 1.57.